The highest BCUT2D eigenvalue weighted by Gasteiger charge is 2.25. The molecule has 1 amide bonds. The van der Waals surface area contributed by atoms with Crippen molar-refractivity contribution < 1.29 is 4.79 Å². The summed E-state index contributed by atoms with van der Waals surface area (Å²) in [7, 11) is 0. The molecule has 124 valence electrons. The van der Waals surface area contributed by atoms with E-state index in [1.165, 1.54) is 0 Å². The number of hydrogen-bond donors (Lipinski definition) is 2. The maximum Gasteiger partial charge on any atom is 0.245 e. The molecule has 0 radical (unpaired) electrons. The SMILES string of the molecule is C=CCN(CC#Cc1ccccc1)C(=O)[C@@H](N)c1c(C)n[nH]c1C. The summed E-state index contributed by atoms with van der Waals surface area (Å²) >= 11 is 0. The predicted octanol–water partition coefficient (Wildman–Crippen LogP) is 2.09. The number of nitrogens with one attached hydrogen (secondary N) is 1. The van der Waals surface area contributed by atoms with Crippen molar-refractivity contribution in [2.24, 2.45) is 5.73 Å². The van der Waals surface area contributed by atoms with E-state index in [4.69, 9.17) is 5.73 Å². The van der Waals surface area contributed by atoms with Crippen LogP contribution in [0.25, 0.3) is 0 Å². The number of nitrogens with zero attached hydrogens (tertiary/aromatic N) is 2. The van der Waals surface area contributed by atoms with Gasteiger partial charge >= 0.3 is 0 Å². The molecule has 0 aliphatic heterocycles. The Morgan fingerprint density at radius 1 is 1.42 bits per heavy atom. The summed E-state index contributed by atoms with van der Waals surface area (Å²) in [5, 5.41) is 6.96. The summed E-state index contributed by atoms with van der Waals surface area (Å²) in [5.74, 6) is 5.88. The van der Waals surface area contributed by atoms with E-state index in [0.29, 0.717) is 13.1 Å². The smallest absolute Gasteiger partial charge is 0.245 e. The van der Waals surface area contributed by atoms with E-state index < -0.39 is 6.04 Å². The molecule has 0 saturated heterocycles. The third-order valence-electron chi connectivity index (χ3n) is 3.70. The monoisotopic (exact) mass is 322 g/mol. The Balaban J connectivity index is 2.13. The lowest BCUT2D eigenvalue weighted by Gasteiger charge is -2.22. The minimum absolute atomic E-state index is 0.190. The Bertz CT molecular complexity index is 748. The predicted molar refractivity (Wildman–Crippen MR) is 95.1 cm³/mol. The van der Waals surface area contributed by atoms with Gasteiger partial charge in [0.15, 0.2) is 0 Å². The Morgan fingerprint density at radius 3 is 2.71 bits per heavy atom. The van der Waals surface area contributed by atoms with Crippen LogP contribution >= 0.6 is 0 Å². The fourth-order valence-electron chi connectivity index (χ4n) is 2.48. The van der Waals surface area contributed by atoms with Crippen LogP contribution < -0.4 is 5.73 Å². The van der Waals surface area contributed by atoms with Crippen LogP contribution in [0.2, 0.25) is 0 Å². The molecule has 0 fully saturated rings. The number of aryl methyl sites for hydroxylation is 2. The number of hydrogen-bond acceptors (Lipinski definition) is 3. The molecule has 2 rings (SSSR count). The van der Waals surface area contributed by atoms with E-state index in [0.717, 1.165) is 22.5 Å². The van der Waals surface area contributed by atoms with Crippen LogP contribution in [0.15, 0.2) is 43.0 Å². The van der Waals surface area contributed by atoms with Gasteiger partial charge in [0.05, 0.1) is 12.2 Å². The van der Waals surface area contributed by atoms with Crippen LogP contribution in [0.5, 0.6) is 0 Å². The summed E-state index contributed by atoms with van der Waals surface area (Å²) in [6.07, 6.45) is 1.67. The Labute approximate surface area is 142 Å². The number of rotatable bonds is 5. The van der Waals surface area contributed by atoms with Crippen molar-refractivity contribution in [3.05, 3.63) is 65.5 Å². The highest BCUT2D eigenvalue weighted by molar-refractivity contribution is 5.84. The fraction of sp³-hybridized carbons (Fsp3) is 0.263. The number of benzene rings is 1. The first-order chi connectivity index (χ1) is 11.5. The summed E-state index contributed by atoms with van der Waals surface area (Å²) in [4.78, 5) is 14.3. The number of aromatic nitrogens is 2. The van der Waals surface area contributed by atoms with Crippen molar-refractivity contribution >= 4 is 5.91 Å². The molecule has 3 N–H and O–H groups in total. The first-order valence-electron chi connectivity index (χ1n) is 7.75. The van der Waals surface area contributed by atoms with Gasteiger partial charge in [-0.25, -0.2) is 0 Å². The van der Waals surface area contributed by atoms with E-state index >= 15 is 0 Å². The van der Waals surface area contributed by atoms with Crippen LogP contribution in [-0.4, -0.2) is 34.1 Å². The van der Waals surface area contributed by atoms with Gasteiger partial charge < -0.3 is 10.6 Å². The van der Waals surface area contributed by atoms with Gasteiger partial charge in [0.1, 0.15) is 6.04 Å². The molecule has 2 aromatic rings. The summed E-state index contributed by atoms with van der Waals surface area (Å²) in [6.45, 7) is 8.08. The Kier molecular flexibility index (Phi) is 5.94. The van der Waals surface area contributed by atoms with Gasteiger partial charge in [-0.05, 0) is 26.0 Å². The molecule has 0 spiro atoms. The van der Waals surface area contributed by atoms with Crippen LogP contribution in [-0.2, 0) is 4.79 Å². The quantitative estimate of drug-likeness (QED) is 0.654. The van der Waals surface area contributed by atoms with Crippen molar-refractivity contribution in [1.82, 2.24) is 15.1 Å². The van der Waals surface area contributed by atoms with Gasteiger partial charge in [0.2, 0.25) is 5.91 Å². The van der Waals surface area contributed by atoms with Crippen molar-refractivity contribution in [2.75, 3.05) is 13.1 Å². The standard InChI is InChI=1S/C19H22N4O/c1-4-12-23(13-8-11-16-9-6-5-7-10-16)19(24)18(20)17-14(2)21-22-15(17)3/h4-7,9-10,18H,1,12-13,20H2,2-3H3,(H,21,22)/t18-/m0/s1. The van der Waals surface area contributed by atoms with Crippen LogP contribution in [0.4, 0.5) is 0 Å². The third kappa shape index (κ3) is 4.12. The maximum atomic E-state index is 12.7. The van der Waals surface area contributed by atoms with Crippen LogP contribution in [0.3, 0.4) is 0 Å². The molecule has 1 aromatic carbocycles. The van der Waals surface area contributed by atoms with Gasteiger partial charge in [-0.15, -0.1) is 6.58 Å². The third-order valence-corrected chi connectivity index (χ3v) is 3.70. The van der Waals surface area contributed by atoms with E-state index in [9.17, 15) is 4.79 Å². The van der Waals surface area contributed by atoms with E-state index in [-0.39, 0.29) is 5.91 Å². The second kappa shape index (κ2) is 8.14. The first kappa shape index (κ1) is 17.5. The van der Waals surface area contributed by atoms with Crippen molar-refractivity contribution in [3.63, 3.8) is 0 Å². The number of aromatic amines is 1. The molecule has 5 heteroatoms. The van der Waals surface area contributed by atoms with Gasteiger partial charge in [-0.2, -0.15) is 5.10 Å². The summed E-state index contributed by atoms with van der Waals surface area (Å²) in [5.41, 5.74) is 9.36. The number of H-pyrrole nitrogens is 1. The molecule has 0 unspecified atom stereocenters. The number of nitrogens with two attached hydrogens (primary N) is 1. The second-order valence-electron chi connectivity index (χ2n) is 5.50. The topological polar surface area (TPSA) is 75.0 Å². The van der Waals surface area contributed by atoms with Crippen molar-refractivity contribution in [3.8, 4) is 11.8 Å². The lowest BCUT2D eigenvalue weighted by atomic mass is 10.0. The average molecular weight is 322 g/mol. The molecule has 1 atom stereocenters. The van der Waals surface area contributed by atoms with E-state index in [2.05, 4.69) is 28.6 Å². The van der Waals surface area contributed by atoms with Gasteiger partial charge in [-0.3, -0.25) is 9.89 Å². The average Bonchev–Trinajstić information content (AvgIpc) is 2.92. The maximum absolute atomic E-state index is 12.7. The van der Waals surface area contributed by atoms with Crippen LogP contribution in [0, 0.1) is 25.7 Å². The minimum atomic E-state index is -0.762. The zero-order valence-corrected chi connectivity index (χ0v) is 14.0. The minimum Gasteiger partial charge on any atom is -0.326 e. The molecule has 0 saturated carbocycles. The molecule has 0 bridgehead atoms. The summed E-state index contributed by atoms with van der Waals surface area (Å²) in [6, 6.07) is 8.89. The Morgan fingerprint density at radius 2 is 2.12 bits per heavy atom. The number of amides is 1. The normalized spacial score (nSPS) is 11.3. The van der Waals surface area contributed by atoms with Gasteiger partial charge in [0, 0.05) is 23.4 Å². The van der Waals surface area contributed by atoms with Crippen molar-refractivity contribution in [2.45, 2.75) is 19.9 Å². The lowest BCUT2D eigenvalue weighted by Crippen LogP contribution is -2.39. The van der Waals surface area contributed by atoms with Gasteiger partial charge in [-0.1, -0.05) is 36.1 Å². The highest BCUT2D eigenvalue weighted by atomic mass is 16.2. The molecule has 0 aliphatic rings. The zero-order chi connectivity index (χ0) is 17.5. The molecular weight excluding hydrogens is 300 g/mol. The molecule has 1 aromatic heterocycles. The molecule has 1 heterocycles. The molecule has 5 nitrogen and oxygen atoms in total. The fourth-order valence-corrected chi connectivity index (χ4v) is 2.48. The number of carbonyl (C=O) groups excluding carboxylic acids is 1. The Hall–Kier alpha value is -2.84. The molecular formula is C19H22N4O. The van der Waals surface area contributed by atoms with Gasteiger partial charge in [0.25, 0.3) is 0 Å². The van der Waals surface area contributed by atoms with Crippen LogP contribution in [0.1, 0.15) is 28.6 Å². The number of carbonyl (C=O) groups is 1. The first-order valence-corrected chi connectivity index (χ1v) is 7.75. The second-order valence-corrected chi connectivity index (χ2v) is 5.50. The van der Waals surface area contributed by atoms with E-state index in [1.807, 2.05) is 44.2 Å². The molecule has 0 aliphatic carbocycles. The zero-order valence-electron chi connectivity index (χ0n) is 14.0. The summed E-state index contributed by atoms with van der Waals surface area (Å²) < 4.78 is 0. The molecule has 24 heavy (non-hydrogen) atoms. The van der Waals surface area contributed by atoms with Crippen molar-refractivity contribution in [1.29, 1.82) is 0 Å². The highest BCUT2D eigenvalue weighted by Crippen LogP contribution is 2.19. The largest absolute Gasteiger partial charge is 0.326 e. The van der Waals surface area contributed by atoms with E-state index in [1.54, 1.807) is 11.0 Å². The lowest BCUT2D eigenvalue weighted by molar-refractivity contribution is -0.131.